The van der Waals surface area contributed by atoms with Gasteiger partial charge in [0.2, 0.25) is 23.6 Å². The van der Waals surface area contributed by atoms with Gasteiger partial charge in [0.15, 0.2) is 0 Å². The number of hydrogen-bond acceptors (Lipinski definition) is 9. The van der Waals surface area contributed by atoms with Crippen molar-refractivity contribution >= 4 is 41.5 Å². The molecule has 4 unspecified atom stereocenters. The van der Waals surface area contributed by atoms with Gasteiger partial charge in [-0.05, 0) is 38.6 Å². The highest BCUT2D eigenvalue weighted by molar-refractivity contribution is 5.95. The lowest BCUT2D eigenvalue weighted by Crippen LogP contribution is -2.57. The predicted molar refractivity (Wildman–Crippen MR) is 122 cm³/mol. The third kappa shape index (κ3) is 13.8. The smallest absolute Gasteiger partial charge is 0.326 e. The molecule has 0 aromatic carbocycles. The van der Waals surface area contributed by atoms with Crippen molar-refractivity contribution in [3.63, 3.8) is 0 Å². The highest BCUT2D eigenvalue weighted by atomic mass is 16.4. The van der Waals surface area contributed by atoms with E-state index < -0.39 is 85.0 Å². The molecule has 4 amide bonds. The van der Waals surface area contributed by atoms with Gasteiger partial charge in [-0.1, -0.05) is 0 Å². The maximum Gasteiger partial charge on any atom is 0.326 e. The largest absolute Gasteiger partial charge is 0.481 e. The van der Waals surface area contributed by atoms with Crippen molar-refractivity contribution < 1.29 is 48.9 Å². The summed E-state index contributed by atoms with van der Waals surface area (Å²) in [6.07, 6.45) is -1.46. The standard InChI is InChI=1S/C20H34N6O10/c21-8-2-1-3-12(20(35)36)25-18(33)11(5-7-15(28)29)24-19(34)13(9-16(30)31)26-17(32)10(22)4-6-14(23)27/h10-13H,1-9,21-22H2,(H2,23,27)(H,24,34)(H,25,33)(H,26,32)(H,28,29)(H,30,31)(H,35,36). The Morgan fingerprint density at radius 3 is 1.72 bits per heavy atom. The van der Waals surface area contributed by atoms with Crippen LogP contribution in [0.3, 0.4) is 0 Å². The molecule has 0 saturated heterocycles. The summed E-state index contributed by atoms with van der Waals surface area (Å²) in [5.41, 5.74) is 16.0. The van der Waals surface area contributed by atoms with Crippen LogP contribution in [0.4, 0.5) is 0 Å². The molecule has 0 aromatic rings. The number of nitrogens with two attached hydrogens (primary N) is 3. The molecule has 36 heavy (non-hydrogen) atoms. The van der Waals surface area contributed by atoms with Gasteiger partial charge in [-0.2, -0.15) is 0 Å². The summed E-state index contributed by atoms with van der Waals surface area (Å²) in [6, 6.07) is -5.90. The van der Waals surface area contributed by atoms with Crippen LogP contribution < -0.4 is 33.2 Å². The molecule has 0 radical (unpaired) electrons. The normalized spacial score (nSPS) is 13.9. The maximum atomic E-state index is 12.7. The van der Waals surface area contributed by atoms with E-state index in [-0.39, 0.29) is 19.3 Å². The first-order valence-electron chi connectivity index (χ1n) is 11.1. The van der Waals surface area contributed by atoms with Crippen molar-refractivity contribution in [1.29, 1.82) is 0 Å². The number of rotatable bonds is 19. The number of carboxylic acid groups (broad SMARTS) is 3. The lowest BCUT2D eigenvalue weighted by Gasteiger charge is -2.24. The van der Waals surface area contributed by atoms with E-state index in [1.807, 2.05) is 0 Å². The summed E-state index contributed by atoms with van der Waals surface area (Å²) in [6.45, 7) is 0.306. The lowest BCUT2D eigenvalue weighted by molar-refractivity contribution is -0.143. The van der Waals surface area contributed by atoms with E-state index in [2.05, 4.69) is 16.0 Å². The van der Waals surface area contributed by atoms with Crippen LogP contribution in [-0.4, -0.2) is 87.6 Å². The van der Waals surface area contributed by atoms with Crippen LogP contribution in [0.1, 0.15) is 51.4 Å². The number of hydrogen-bond donors (Lipinski definition) is 9. The van der Waals surface area contributed by atoms with Crippen molar-refractivity contribution in [1.82, 2.24) is 16.0 Å². The SMILES string of the molecule is NCCCCC(NC(=O)C(CCC(=O)O)NC(=O)C(CC(=O)O)NC(=O)C(N)CCC(N)=O)C(=O)O. The van der Waals surface area contributed by atoms with Gasteiger partial charge >= 0.3 is 17.9 Å². The predicted octanol–water partition coefficient (Wildman–Crippen LogP) is -3.41. The van der Waals surface area contributed by atoms with Gasteiger partial charge < -0.3 is 48.5 Å². The number of amides is 4. The zero-order valence-corrected chi connectivity index (χ0v) is 19.6. The Morgan fingerprint density at radius 1 is 0.667 bits per heavy atom. The van der Waals surface area contributed by atoms with Crippen LogP contribution in [0.25, 0.3) is 0 Å². The molecule has 16 nitrogen and oxygen atoms in total. The summed E-state index contributed by atoms with van der Waals surface area (Å²) in [4.78, 5) is 82.2. The molecule has 0 heterocycles. The topological polar surface area (TPSA) is 294 Å². The third-order valence-electron chi connectivity index (χ3n) is 4.89. The van der Waals surface area contributed by atoms with E-state index in [4.69, 9.17) is 27.4 Å². The van der Waals surface area contributed by atoms with Gasteiger partial charge in [-0.15, -0.1) is 0 Å². The molecule has 0 aliphatic heterocycles. The van der Waals surface area contributed by atoms with Gasteiger partial charge in [0, 0.05) is 12.8 Å². The Morgan fingerprint density at radius 2 is 1.22 bits per heavy atom. The van der Waals surface area contributed by atoms with Gasteiger partial charge in [0.05, 0.1) is 12.5 Å². The zero-order chi connectivity index (χ0) is 27.8. The van der Waals surface area contributed by atoms with E-state index in [1.54, 1.807) is 0 Å². The van der Waals surface area contributed by atoms with E-state index in [9.17, 15) is 38.7 Å². The van der Waals surface area contributed by atoms with E-state index in [0.717, 1.165) is 0 Å². The summed E-state index contributed by atoms with van der Waals surface area (Å²) in [5.74, 6) is -8.00. The van der Waals surface area contributed by atoms with Crippen LogP contribution in [0.2, 0.25) is 0 Å². The fourth-order valence-corrected chi connectivity index (χ4v) is 2.92. The van der Waals surface area contributed by atoms with E-state index in [0.29, 0.717) is 19.4 Å². The van der Waals surface area contributed by atoms with E-state index >= 15 is 0 Å². The fourth-order valence-electron chi connectivity index (χ4n) is 2.92. The molecule has 16 heteroatoms. The number of aliphatic carboxylic acids is 3. The molecule has 0 aliphatic carbocycles. The second-order valence-electron chi connectivity index (χ2n) is 7.95. The lowest BCUT2D eigenvalue weighted by atomic mass is 10.1. The van der Waals surface area contributed by atoms with Crippen molar-refractivity contribution in [2.45, 2.75) is 75.5 Å². The van der Waals surface area contributed by atoms with Crippen LogP contribution in [0, 0.1) is 0 Å². The first kappa shape index (κ1) is 32.2. The Bertz CT molecular complexity index is 821. The van der Waals surface area contributed by atoms with Crippen molar-refractivity contribution in [3.05, 3.63) is 0 Å². The monoisotopic (exact) mass is 518 g/mol. The minimum atomic E-state index is -1.71. The molecule has 0 bridgehead atoms. The quantitative estimate of drug-likeness (QED) is 0.0755. The number of carbonyl (C=O) groups is 7. The van der Waals surface area contributed by atoms with Crippen molar-refractivity contribution in [2.24, 2.45) is 17.2 Å². The molecular weight excluding hydrogens is 484 g/mol. The second kappa shape index (κ2) is 16.8. The highest BCUT2D eigenvalue weighted by Gasteiger charge is 2.31. The maximum absolute atomic E-state index is 12.7. The van der Waals surface area contributed by atoms with E-state index in [1.165, 1.54) is 0 Å². The molecule has 0 rings (SSSR count). The molecule has 4 atom stereocenters. The summed E-state index contributed by atoms with van der Waals surface area (Å²) < 4.78 is 0. The number of nitrogens with one attached hydrogen (secondary N) is 3. The Balaban J connectivity index is 5.53. The van der Waals surface area contributed by atoms with Crippen LogP contribution >= 0.6 is 0 Å². The van der Waals surface area contributed by atoms with Gasteiger partial charge in [-0.3, -0.25) is 28.8 Å². The molecule has 0 aromatic heterocycles. The van der Waals surface area contributed by atoms with Gasteiger partial charge in [0.25, 0.3) is 0 Å². The molecule has 0 aliphatic rings. The minimum Gasteiger partial charge on any atom is -0.481 e. The molecule has 0 saturated carbocycles. The van der Waals surface area contributed by atoms with Gasteiger partial charge in [-0.25, -0.2) is 4.79 Å². The number of primary amides is 1. The molecule has 12 N–H and O–H groups in total. The number of carbonyl (C=O) groups excluding carboxylic acids is 4. The Kier molecular flexibility index (Phi) is 15.0. The number of carboxylic acids is 3. The first-order chi connectivity index (χ1) is 16.8. The number of unbranched alkanes of at least 4 members (excludes halogenated alkanes) is 1. The second-order valence-corrected chi connectivity index (χ2v) is 7.95. The fraction of sp³-hybridized carbons (Fsp3) is 0.650. The summed E-state index contributed by atoms with van der Waals surface area (Å²) in [5, 5.41) is 33.9. The summed E-state index contributed by atoms with van der Waals surface area (Å²) >= 11 is 0. The van der Waals surface area contributed by atoms with Gasteiger partial charge in [0.1, 0.15) is 18.1 Å². The highest BCUT2D eigenvalue weighted by Crippen LogP contribution is 2.06. The minimum absolute atomic E-state index is 0.0265. The Labute approximate surface area is 206 Å². The zero-order valence-electron chi connectivity index (χ0n) is 19.6. The molecule has 0 fully saturated rings. The average Bonchev–Trinajstić information content (AvgIpc) is 2.78. The van der Waals surface area contributed by atoms with Crippen LogP contribution in [0.15, 0.2) is 0 Å². The molecular formula is C20H34N6O10. The van der Waals surface area contributed by atoms with Crippen LogP contribution in [-0.2, 0) is 33.6 Å². The third-order valence-corrected chi connectivity index (χ3v) is 4.89. The van der Waals surface area contributed by atoms with Crippen LogP contribution in [0.5, 0.6) is 0 Å². The average molecular weight is 519 g/mol. The Hall–Kier alpha value is -3.79. The molecule has 204 valence electrons. The first-order valence-corrected chi connectivity index (χ1v) is 11.1. The van der Waals surface area contributed by atoms with Crippen molar-refractivity contribution in [3.8, 4) is 0 Å². The van der Waals surface area contributed by atoms with Crippen molar-refractivity contribution in [2.75, 3.05) is 6.54 Å². The summed E-state index contributed by atoms with van der Waals surface area (Å²) in [7, 11) is 0. The molecule has 0 spiro atoms.